The van der Waals surface area contributed by atoms with E-state index in [-0.39, 0.29) is 26.1 Å². The van der Waals surface area contributed by atoms with Crippen molar-refractivity contribution >= 4 is 17.8 Å². The van der Waals surface area contributed by atoms with E-state index in [9.17, 15) is 65.4 Å². The van der Waals surface area contributed by atoms with Crippen LogP contribution in [0.5, 0.6) is 0 Å². The van der Waals surface area contributed by atoms with Gasteiger partial charge in [0.25, 0.3) is 5.79 Å². The smallest absolute Gasteiger partial charge is 0.364 e. The molecule has 15 atom stereocenters. The van der Waals surface area contributed by atoms with Crippen LogP contribution in [0.25, 0.3) is 0 Å². The maximum absolute atomic E-state index is 12.7. The van der Waals surface area contributed by atoms with Crippen molar-refractivity contribution in [1.82, 2.24) is 5.32 Å². The number of hydrogen-bond donors (Lipinski definition) is 11. The highest BCUT2D eigenvalue weighted by molar-refractivity contribution is 5.76. The zero-order valence-corrected chi connectivity index (χ0v) is 28.1. The number of ether oxygens (including phenoxy) is 6. The van der Waals surface area contributed by atoms with Crippen LogP contribution < -0.4 is 5.32 Å². The highest BCUT2D eigenvalue weighted by Gasteiger charge is 2.59. The van der Waals surface area contributed by atoms with Crippen LogP contribution in [0.1, 0.15) is 25.3 Å². The molecule has 11 N–H and O–H groups in total. The number of carbonyl (C=O) groups excluding carboxylic acids is 1. The fraction of sp³-hybridized carbons (Fsp3) is 0.719. The molecule has 0 saturated carbocycles. The quantitative estimate of drug-likeness (QED) is 0.0755. The van der Waals surface area contributed by atoms with E-state index in [2.05, 4.69) is 5.32 Å². The topological polar surface area (TPSA) is 321 Å². The van der Waals surface area contributed by atoms with Crippen LogP contribution in [0, 0.1) is 0 Å². The van der Waals surface area contributed by atoms with Gasteiger partial charge in [0.2, 0.25) is 5.91 Å². The van der Waals surface area contributed by atoms with Crippen LogP contribution in [-0.2, 0) is 49.2 Å². The van der Waals surface area contributed by atoms with Crippen molar-refractivity contribution in [2.75, 3.05) is 26.4 Å². The molecule has 4 rings (SSSR count). The van der Waals surface area contributed by atoms with E-state index >= 15 is 0 Å². The maximum atomic E-state index is 12.7. The van der Waals surface area contributed by atoms with Gasteiger partial charge in [-0.05, 0) is 12.0 Å². The van der Waals surface area contributed by atoms with Gasteiger partial charge in [-0.3, -0.25) is 4.79 Å². The predicted molar refractivity (Wildman–Crippen MR) is 168 cm³/mol. The Balaban J connectivity index is 1.51. The molecule has 3 aliphatic heterocycles. The number of rotatable bonds is 16. The molecule has 0 unspecified atom stereocenters. The van der Waals surface area contributed by atoms with Crippen LogP contribution >= 0.6 is 0 Å². The zero-order valence-electron chi connectivity index (χ0n) is 28.1. The van der Waals surface area contributed by atoms with E-state index in [0.29, 0.717) is 5.56 Å². The molecule has 20 nitrogen and oxygen atoms in total. The largest absolute Gasteiger partial charge is 0.479 e. The number of carbonyl (C=O) groups is 3. The average Bonchev–Trinajstić information content (AvgIpc) is 3.11. The van der Waals surface area contributed by atoms with Crippen LogP contribution in [0.15, 0.2) is 30.3 Å². The molecule has 1 aromatic rings. The number of aliphatic hydroxyl groups excluding tert-OH is 8. The molecule has 3 fully saturated rings. The van der Waals surface area contributed by atoms with E-state index in [1.54, 1.807) is 30.3 Å². The SMILES string of the molecule is CC(=O)N[C@H]1[C@H]([C@H](O)[C@H](O)CO)O[C@@](O[C@H]2[C@@H](O)[C@@H](CO)O[C@@H](O[C@@H]3CCO[C@H](CO[C@@H](Cc4ccccc4)C(=O)O)[C@@H]3O)[C@@H]2O)(C(=O)O)C[C@@H]1O. The molecule has 0 aromatic heterocycles. The normalized spacial score (nSPS) is 37.1. The molecule has 3 saturated heterocycles. The monoisotopic (exact) mass is 749 g/mol. The summed E-state index contributed by atoms with van der Waals surface area (Å²) >= 11 is 0. The minimum absolute atomic E-state index is 0.0140. The number of carboxylic acids is 2. The summed E-state index contributed by atoms with van der Waals surface area (Å²) in [5.41, 5.74) is 0.696. The van der Waals surface area contributed by atoms with Crippen molar-refractivity contribution in [3.8, 4) is 0 Å². The number of nitrogens with one attached hydrogen (secondary N) is 1. The summed E-state index contributed by atoms with van der Waals surface area (Å²) in [6.45, 7) is -1.27. The first-order valence-electron chi connectivity index (χ1n) is 16.6. The first-order valence-corrected chi connectivity index (χ1v) is 16.6. The van der Waals surface area contributed by atoms with Gasteiger partial charge in [-0.25, -0.2) is 9.59 Å². The summed E-state index contributed by atoms with van der Waals surface area (Å²) in [5, 5.41) is 107. The van der Waals surface area contributed by atoms with Gasteiger partial charge in [0.05, 0.1) is 38.1 Å². The molecular formula is C32H47NO19. The van der Waals surface area contributed by atoms with Gasteiger partial charge in [0.15, 0.2) is 12.4 Å². The van der Waals surface area contributed by atoms with Gasteiger partial charge in [-0.2, -0.15) is 0 Å². The maximum Gasteiger partial charge on any atom is 0.364 e. The number of benzene rings is 1. The molecule has 1 amide bonds. The van der Waals surface area contributed by atoms with Crippen LogP contribution in [0.3, 0.4) is 0 Å². The Bertz CT molecular complexity index is 1320. The van der Waals surface area contributed by atoms with Crippen molar-refractivity contribution < 1.29 is 93.9 Å². The van der Waals surface area contributed by atoms with Gasteiger partial charge in [-0.1, -0.05) is 30.3 Å². The number of carboxylic acid groups (broad SMARTS) is 2. The second-order valence-corrected chi connectivity index (χ2v) is 12.9. The highest BCUT2D eigenvalue weighted by Crippen LogP contribution is 2.38. The fourth-order valence-corrected chi connectivity index (χ4v) is 6.34. The predicted octanol–water partition coefficient (Wildman–Crippen LogP) is -4.79. The van der Waals surface area contributed by atoms with Crippen molar-refractivity contribution in [3.63, 3.8) is 0 Å². The lowest BCUT2D eigenvalue weighted by Crippen LogP contribution is -2.70. The van der Waals surface area contributed by atoms with Crippen molar-refractivity contribution in [2.45, 2.75) is 118 Å². The molecule has 294 valence electrons. The Labute approximate surface area is 297 Å². The molecule has 20 heteroatoms. The molecule has 3 heterocycles. The molecule has 0 aliphatic carbocycles. The van der Waals surface area contributed by atoms with Crippen LogP contribution in [0.4, 0.5) is 0 Å². The highest BCUT2D eigenvalue weighted by atomic mass is 16.8. The zero-order chi connectivity index (χ0) is 38.3. The third kappa shape index (κ3) is 9.78. The summed E-state index contributed by atoms with van der Waals surface area (Å²) < 4.78 is 33.8. The lowest BCUT2D eigenvalue weighted by Gasteiger charge is -2.50. The Morgan fingerprint density at radius 1 is 1.00 bits per heavy atom. The third-order valence-electron chi connectivity index (χ3n) is 9.14. The first-order chi connectivity index (χ1) is 24.6. The molecule has 0 bridgehead atoms. The lowest BCUT2D eigenvalue weighted by molar-refractivity contribution is -0.376. The Kier molecular flexibility index (Phi) is 14.8. The molecular weight excluding hydrogens is 702 g/mol. The summed E-state index contributed by atoms with van der Waals surface area (Å²) in [6, 6.07) is 7.18. The molecule has 3 aliphatic rings. The van der Waals surface area contributed by atoms with Gasteiger partial charge < -0.3 is 84.8 Å². The Hall–Kier alpha value is -2.93. The Morgan fingerprint density at radius 2 is 1.69 bits per heavy atom. The van der Waals surface area contributed by atoms with Crippen LogP contribution in [0.2, 0.25) is 0 Å². The molecule has 52 heavy (non-hydrogen) atoms. The van der Waals surface area contributed by atoms with Crippen molar-refractivity contribution in [3.05, 3.63) is 35.9 Å². The molecule has 1 aromatic carbocycles. The van der Waals surface area contributed by atoms with E-state index in [1.165, 1.54) is 0 Å². The fourth-order valence-electron chi connectivity index (χ4n) is 6.34. The molecule has 0 radical (unpaired) electrons. The number of amides is 1. The van der Waals surface area contributed by atoms with Crippen molar-refractivity contribution in [1.29, 1.82) is 0 Å². The standard InChI is InChI=1S/C32H47NO19/c1-14(36)33-22-16(37)10-32(31(45)46,51-27(22)23(39)17(38)11-34)52-28-25(41)20(12-35)50-30(26(28)42)49-18-7-8-47-21(24(18)40)13-48-19(29(43)44)9-15-5-3-2-4-6-15/h2-6,16-28,30,34-35,37-42H,7-13H2,1H3,(H,33,36)(H,43,44)(H,45,46)/t16-,17+,18+,19-,20+,21+,22+,23+,24+,25-,26+,27+,28-,30+,32-/m0/s1. The second-order valence-electron chi connectivity index (χ2n) is 12.9. The number of aliphatic hydroxyl groups is 8. The van der Waals surface area contributed by atoms with Gasteiger partial charge in [-0.15, -0.1) is 0 Å². The van der Waals surface area contributed by atoms with E-state index < -0.39 is 129 Å². The summed E-state index contributed by atoms with van der Waals surface area (Å²) in [5.74, 6) is -6.89. The van der Waals surface area contributed by atoms with Gasteiger partial charge in [0, 0.05) is 26.4 Å². The first kappa shape index (κ1) is 41.8. The van der Waals surface area contributed by atoms with Gasteiger partial charge >= 0.3 is 11.9 Å². The Morgan fingerprint density at radius 3 is 2.29 bits per heavy atom. The van der Waals surface area contributed by atoms with Gasteiger partial charge in [0.1, 0.15) is 54.9 Å². The molecule has 0 spiro atoms. The van der Waals surface area contributed by atoms with E-state index in [0.717, 1.165) is 6.92 Å². The van der Waals surface area contributed by atoms with E-state index in [1.807, 2.05) is 0 Å². The van der Waals surface area contributed by atoms with Crippen LogP contribution in [-0.4, -0.2) is 187 Å². The number of aliphatic carboxylic acids is 2. The lowest BCUT2D eigenvalue weighted by atomic mass is 9.88. The van der Waals surface area contributed by atoms with Crippen molar-refractivity contribution in [2.24, 2.45) is 0 Å². The minimum atomic E-state index is -2.98. The summed E-state index contributed by atoms with van der Waals surface area (Å²) in [6.07, 6.45) is -23.2. The second kappa shape index (κ2) is 18.4. The third-order valence-corrected chi connectivity index (χ3v) is 9.14. The average molecular weight is 750 g/mol. The minimum Gasteiger partial charge on any atom is -0.479 e. The van der Waals surface area contributed by atoms with E-state index in [4.69, 9.17) is 28.4 Å². The summed E-state index contributed by atoms with van der Waals surface area (Å²) in [7, 11) is 0. The summed E-state index contributed by atoms with van der Waals surface area (Å²) in [4.78, 5) is 36.4. The number of hydrogen-bond acceptors (Lipinski definition) is 17.